The molecule has 2 aliphatic rings. The van der Waals surface area contributed by atoms with Gasteiger partial charge in [-0.1, -0.05) is 54.5 Å². The number of hydrogen-bond donors (Lipinski definition) is 0. The number of esters is 1. The van der Waals surface area contributed by atoms with E-state index in [0.717, 1.165) is 57.5 Å². The first-order valence-corrected chi connectivity index (χ1v) is 11.1. The third kappa shape index (κ3) is 5.69. The number of piperidine rings is 1. The van der Waals surface area contributed by atoms with Crippen molar-refractivity contribution in [1.29, 1.82) is 0 Å². The summed E-state index contributed by atoms with van der Waals surface area (Å²) in [7, 11) is 1.46. The minimum absolute atomic E-state index is 0. The zero-order valence-corrected chi connectivity index (χ0v) is 19.1. The number of unbranched alkanes of at least 4 members (excludes halogenated alkanes) is 2. The van der Waals surface area contributed by atoms with E-state index >= 15 is 0 Å². The number of benzene rings is 2. The summed E-state index contributed by atoms with van der Waals surface area (Å²) >= 11 is 0. The van der Waals surface area contributed by atoms with Gasteiger partial charge in [0.25, 0.3) is 0 Å². The fourth-order valence-electron chi connectivity index (χ4n) is 4.55. The summed E-state index contributed by atoms with van der Waals surface area (Å²) in [4.78, 5) is 13.8. The smallest absolute Gasteiger partial charge is 0.305 e. The first-order valence-electron chi connectivity index (χ1n) is 11.1. The van der Waals surface area contributed by atoms with Crippen molar-refractivity contribution in [2.45, 2.75) is 45.1 Å². The van der Waals surface area contributed by atoms with E-state index in [-0.39, 0.29) is 18.4 Å². The van der Waals surface area contributed by atoms with Gasteiger partial charge in [-0.05, 0) is 55.0 Å². The quantitative estimate of drug-likeness (QED) is 0.430. The molecule has 0 aromatic heterocycles. The van der Waals surface area contributed by atoms with Crippen molar-refractivity contribution in [3.63, 3.8) is 0 Å². The van der Waals surface area contributed by atoms with Crippen molar-refractivity contribution in [1.82, 2.24) is 4.90 Å². The highest BCUT2D eigenvalue weighted by molar-refractivity contribution is 5.87. The number of hydrogen-bond acceptors (Lipinski definition) is 4. The van der Waals surface area contributed by atoms with Gasteiger partial charge in [-0.3, -0.25) is 4.79 Å². The third-order valence-electron chi connectivity index (χ3n) is 6.22. The van der Waals surface area contributed by atoms with Crippen LogP contribution in [0.2, 0.25) is 0 Å². The Hall–Kier alpha value is -2.30. The number of halogens is 1. The van der Waals surface area contributed by atoms with Crippen molar-refractivity contribution in [2.75, 3.05) is 26.7 Å². The average molecular weight is 442 g/mol. The van der Waals surface area contributed by atoms with Crippen LogP contribution in [0.25, 0.3) is 5.57 Å². The van der Waals surface area contributed by atoms with Crippen LogP contribution in [0.4, 0.5) is 0 Å². The van der Waals surface area contributed by atoms with E-state index in [9.17, 15) is 4.79 Å². The summed E-state index contributed by atoms with van der Waals surface area (Å²) in [5, 5.41) is 0. The second-order valence-corrected chi connectivity index (χ2v) is 8.15. The van der Waals surface area contributed by atoms with Crippen molar-refractivity contribution in [3.05, 3.63) is 70.8 Å². The molecule has 0 radical (unpaired) electrons. The standard InChI is InChI=1S/C26H31NO3.ClH/c1-29-25(28)13-3-2-8-16-27-17-14-20(15-18-27)26-22-10-5-4-9-21(22)19-30-24-12-7-6-11-23(24)26;/h4-7,9-12H,2-3,8,13-19H2,1H3;1H. The molecule has 0 bridgehead atoms. The molecule has 2 aromatic rings. The Bertz CT molecular complexity index is 865. The van der Waals surface area contributed by atoms with Crippen LogP contribution in [-0.4, -0.2) is 37.6 Å². The fourth-order valence-corrected chi connectivity index (χ4v) is 4.55. The van der Waals surface area contributed by atoms with E-state index in [0.29, 0.717) is 13.0 Å². The van der Waals surface area contributed by atoms with Gasteiger partial charge in [0.1, 0.15) is 12.4 Å². The zero-order chi connectivity index (χ0) is 20.8. The number of carbonyl (C=O) groups is 1. The number of nitrogens with zero attached hydrogens (tertiary/aromatic N) is 1. The molecule has 2 aromatic carbocycles. The van der Waals surface area contributed by atoms with Crippen LogP contribution >= 0.6 is 12.4 Å². The number of para-hydroxylation sites is 1. The van der Waals surface area contributed by atoms with Crippen LogP contribution in [0, 0.1) is 0 Å². The van der Waals surface area contributed by atoms with E-state index in [1.165, 1.54) is 29.4 Å². The van der Waals surface area contributed by atoms with Crippen LogP contribution in [-0.2, 0) is 16.1 Å². The number of methoxy groups -OCH3 is 1. The Balaban J connectivity index is 0.00000272. The molecule has 2 heterocycles. The molecule has 0 aliphatic carbocycles. The fraction of sp³-hybridized carbons (Fsp3) is 0.423. The Kier molecular flexibility index (Phi) is 8.56. The van der Waals surface area contributed by atoms with Gasteiger partial charge in [0, 0.05) is 25.1 Å². The molecule has 1 saturated heterocycles. The van der Waals surface area contributed by atoms with E-state index in [4.69, 9.17) is 9.47 Å². The molecule has 4 rings (SSSR count). The van der Waals surface area contributed by atoms with Crippen molar-refractivity contribution in [2.24, 2.45) is 0 Å². The number of rotatable bonds is 6. The summed E-state index contributed by atoms with van der Waals surface area (Å²) in [5.74, 6) is 0.890. The van der Waals surface area contributed by atoms with Crippen LogP contribution < -0.4 is 4.74 Å². The van der Waals surface area contributed by atoms with Crippen LogP contribution in [0.15, 0.2) is 54.1 Å². The highest BCUT2D eigenvalue weighted by Crippen LogP contribution is 2.40. The second kappa shape index (κ2) is 11.4. The van der Waals surface area contributed by atoms with Crippen LogP contribution in [0.5, 0.6) is 5.75 Å². The van der Waals surface area contributed by atoms with Gasteiger partial charge in [0.2, 0.25) is 0 Å². The van der Waals surface area contributed by atoms with E-state index < -0.39 is 0 Å². The molecule has 1 fully saturated rings. The van der Waals surface area contributed by atoms with Crippen molar-refractivity contribution >= 4 is 23.9 Å². The third-order valence-corrected chi connectivity index (χ3v) is 6.22. The predicted molar refractivity (Wildman–Crippen MR) is 127 cm³/mol. The molecule has 166 valence electrons. The molecule has 0 amide bonds. The second-order valence-electron chi connectivity index (χ2n) is 8.15. The van der Waals surface area contributed by atoms with Gasteiger partial charge in [-0.25, -0.2) is 0 Å². The van der Waals surface area contributed by atoms with Crippen LogP contribution in [0.1, 0.15) is 55.2 Å². The minimum Gasteiger partial charge on any atom is -0.488 e. The Morgan fingerprint density at radius 1 is 0.968 bits per heavy atom. The zero-order valence-electron chi connectivity index (χ0n) is 18.3. The first kappa shape index (κ1) is 23.4. The van der Waals surface area contributed by atoms with Crippen molar-refractivity contribution < 1.29 is 14.3 Å². The number of fused-ring (bicyclic) bond motifs is 2. The molecule has 0 N–H and O–H groups in total. The highest BCUT2D eigenvalue weighted by atomic mass is 35.5. The molecule has 0 spiro atoms. The molecular weight excluding hydrogens is 410 g/mol. The van der Waals surface area contributed by atoms with Gasteiger partial charge >= 0.3 is 5.97 Å². The number of ether oxygens (including phenoxy) is 2. The lowest BCUT2D eigenvalue weighted by atomic mass is 9.86. The topological polar surface area (TPSA) is 38.8 Å². The maximum atomic E-state index is 11.2. The normalized spacial score (nSPS) is 15.8. The molecular formula is C26H32ClNO3. The van der Waals surface area contributed by atoms with Gasteiger partial charge in [0.05, 0.1) is 7.11 Å². The Morgan fingerprint density at radius 2 is 1.68 bits per heavy atom. The molecule has 5 heteroatoms. The summed E-state index contributed by atoms with van der Waals surface area (Å²) in [6.45, 7) is 3.93. The molecule has 31 heavy (non-hydrogen) atoms. The highest BCUT2D eigenvalue weighted by Gasteiger charge is 2.24. The maximum absolute atomic E-state index is 11.2. The predicted octanol–water partition coefficient (Wildman–Crippen LogP) is 5.63. The van der Waals surface area contributed by atoms with E-state index in [1.807, 2.05) is 0 Å². The first-order chi connectivity index (χ1) is 14.8. The Labute approximate surface area is 191 Å². The molecule has 0 atom stereocenters. The Morgan fingerprint density at radius 3 is 2.45 bits per heavy atom. The lowest BCUT2D eigenvalue weighted by molar-refractivity contribution is -0.140. The number of carbonyl (C=O) groups excluding carboxylic acids is 1. The summed E-state index contributed by atoms with van der Waals surface area (Å²) in [5.41, 5.74) is 6.76. The summed E-state index contributed by atoms with van der Waals surface area (Å²) < 4.78 is 10.9. The minimum atomic E-state index is -0.0998. The average Bonchev–Trinajstić information content (AvgIpc) is 2.96. The lowest BCUT2D eigenvalue weighted by Gasteiger charge is -2.30. The van der Waals surface area contributed by atoms with E-state index in [2.05, 4.69) is 53.4 Å². The number of likely N-dealkylation sites (tertiary alicyclic amines) is 1. The van der Waals surface area contributed by atoms with Gasteiger partial charge in [0.15, 0.2) is 0 Å². The molecule has 2 aliphatic heterocycles. The summed E-state index contributed by atoms with van der Waals surface area (Å²) in [6, 6.07) is 17.1. The lowest BCUT2D eigenvalue weighted by Crippen LogP contribution is -2.32. The van der Waals surface area contributed by atoms with Gasteiger partial charge in [-0.2, -0.15) is 0 Å². The maximum Gasteiger partial charge on any atom is 0.305 e. The SMILES string of the molecule is COC(=O)CCCCCN1CCC(=C2c3ccccc3COc3ccccc32)CC1.Cl. The van der Waals surface area contributed by atoms with Crippen molar-refractivity contribution in [3.8, 4) is 5.75 Å². The van der Waals surface area contributed by atoms with Gasteiger partial charge < -0.3 is 14.4 Å². The van der Waals surface area contributed by atoms with Gasteiger partial charge in [-0.15, -0.1) is 12.4 Å². The van der Waals surface area contributed by atoms with Crippen LogP contribution in [0.3, 0.4) is 0 Å². The monoisotopic (exact) mass is 441 g/mol. The molecule has 0 unspecified atom stereocenters. The summed E-state index contributed by atoms with van der Waals surface area (Å²) in [6.07, 6.45) is 5.87. The van der Waals surface area contributed by atoms with E-state index in [1.54, 1.807) is 5.57 Å². The molecule has 0 saturated carbocycles. The largest absolute Gasteiger partial charge is 0.488 e. The molecule has 4 nitrogen and oxygen atoms in total.